The molecule has 0 aliphatic rings. The van der Waals surface area contributed by atoms with E-state index < -0.39 is 2.81 Å². The van der Waals surface area contributed by atoms with E-state index in [0.29, 0.717) is 0 Å². The van der Waals surface area contributed by atoms with Gasteiger partial charge in [-0.05, 0) is 0 Å². The van der Waals surface area contributed by atoms with E-state index in [0.717, 1.165) is 0 Å². The molecule has 0 aromatic heterocycles. The van der Waals surface area contributed by atoms with Gasteiger partial charge in [0.25, 0.3) is 0 Å². The molecule has 1 N–H and O–H groups in total. The minimum atomic E-state index is -3.81. The van der Waals surface area contributed by atoms with E-state index in [-0.39, 0.29) is 0 Å². The second kappa shape index (κ2) is 1.93. The number of hydrogen-bond acceptors (Lipinski definition) is 2. The van der Waals surface area contributed by atoms with Gasteiger partial charge in [-0.3, -0.25) is 0 Å². The second-order valence-corrected chi connectivity index (χ2v) is 3.72. The van der Waals surface area contributed by atoms with Crippen LogP contribution in [0.4, 0.5) is 0 Å². The van der Waals surface area contributed by atoms with Gasteiger partial charge in [-0.1, -0.05) is 0 Å². The summed E-state index contributed by atoms with van der Waals surface area (Å²) in [5, 5.41) is 0. The summed E-state index contributed by atoms with van der Waals surface area (Å²) in [4.78, 5) is 0. The molecule has 0 aromatic carbocycles. The monoisotopic (exact) mass is 255 g/mol. The summed E-state index contributed by atoms with van der Waals surface area (Å²) in [6, 6.07) is 0. The summed E-state index contributed by atoms with van der Waals surface area (Å²) >= 11 is 1.59. The van der Waals surface area contributed by atoms with Crippen LogP contribution in [0.5, 0.6) is 0 Å². The van der Waals surface area contributed by atoms with E-state index in [1.165, 1.54) is 0 Å². The summed E-state index contributed by atoms with van der Waals surface area (Å²) in [7, 11) is 0. The van der Waals surface area contributed by atoms with Crippen LogP contribution < -0.4 is 0 Å². The number of hydrogen-bond donors (Lipinski definition) is 1. The minimum absolute atomic E-state index is 1.59. The van der Waals surface area contributed by atoms with Crippen LogP contribution in [0, 0.1) is 42.5 Å². The summed E-state index contributed by atoms with van der Waals surface area (Å²) in [5.41, 5.74) is 0. The summed E-state index contributed by atoms with van der Waals surface area (Å²) < 4.78 is 21.9. The van der Waals surface area contributed by atoms with E-state index in [4.69, 9.17) is 13.0 Å². The molecule has 0 radical (unpaired) electrons. The maximum absolute atomic E-state index is 9.13. The van der Waals surface area contributed by atoms with E-state index in [1.807, 2.05) is 0 Å². The van der Waals surface area contributed by atoms with Gasteiger partial charge in [0.15, 0.2) is 0 Å². The topological polar surface area (TPSA) is 54.4 Å². The Morgan fingerprint density at radius 2 is 1.60 bits per heavy atom. The molecule has 3 nitrogen and oxygen atoms in total. The zero-order valence-corrected chi connectivity index (χ0v) is 4.47. The predicted molar refractivity (Wildman–Crippen MR) is 11.5 cm³/mol. The van der Waals surface area contributed by atoms with Crippen molar-refractivity contribution in [3.05, 3.63) is 0 Å². The molecule has 0 saturated carbocycles. The molecule has 0 fully saturated rings. The molecule has 0 aliphatic carbocycles. The summed E-state index contributed by atoms with van der Waals surface area (Å²) in [5.74, 6) is 0. The van der Waals surface area contributed by atoms with Crippen molar-refractivity contribution in [1.82, 2.24) is 0 Å². The van der Waals surface area contributed by atoms with E-state index in [9.17, 15) is 0 Å². The van der Waals surface area contributed by atoms with Crippen molar-refractivity contribution in [1.29, 1.82) is 0 Å². The Hall–Kier alpha value is 1.43. The van der Waals surface area contributed by atoms with Crippen LogP contribution in [0.3, 0.4) is 0 Å². The first-order valence-corrected chi connectivity index (χ1v) is 3.98. The molecule has 0 unspecified atom stereocenters. The van der Waals surface area contributed by atoms with Gasteiger partial charge < -0.3 is 0 Å². The number of rotatable bonds is 0. The first-order chi connectivity index (χ1) is 2.00. The summed E-state index contributed by atoms with van der Waals surface area (Å²) in [6.07, 6.45) is 0. The van der Waals surface area contributed by atoms with Crippen molar-refractivity contribution in [2.24, 2.45) is 0 Å². The second-order valence-electron chi connectivity index (χ2n) is 0.355. The van der Waals surface area contributed by atoms with Crippen molar-refractivity contribution >= 4 is 2.81 Å². The van der Waals surface area contributed by atoms with Gasteiger partial charge in [-0.15, -0.1) is 0 Å². The molecule has 0 saturated heterocycles. The van der Waals surface area contributed by atoms with Gasteiger partial charge >= 0.3 is 58.3 Å². The normalized spacial score (nSPS) is 11.8. The van der Waals surface area contributed by atoms with Crippen LogP contribution >= 0.6 is 0 Å². The van der Waals surface area contributed by atoms with Gasteiger partial charge in [-0.2, -0.15) is 0 Å². The predicted octanol–water partition coefficient (Wildman–Crippen LogP) is -0.661. The van der Waals surface area contributed by atoms with Crippen molar-refractivity contribution in [2.45, 2.75) is 0 Å². The maximum atomic E-state index is 9.13. The molecule has 0 rings (SSSR count). The first kappa shape index (κ1) is 6.43. The fraction of sp³-hybridized carbons (Fsp3) is 0. The molecular weight excluding hydrogens is 253 g/mol. The molecule has 0 spiro atoms. The first-order valence-electron chi connectivity index (χ1n) is 0.625. The third-order valence-electron chi connectivity index (χ3n) is 0. The van der Waals surface area contributed by atoms with Gasteiger partial charge in [0, 0.05) is 0 Å². The zero-order chi connectivity index (χ0) is 4.50. The van der Waals surface area contributed by atoms with Crippen molar-refractivity contribution in [2.75, 3.05) is 0 Å². The van der Waals surface area contributed by atoms with Crippen LogP contribution in [0.15, 0.2) is 0 Å². The van der Waals surface area contributed by atoms with Crippen LogP contribution in [-0.4, -0.2) is 13.0 Å². The Morgan fingerprint density at radius 3 is 1.60 bits per heavy atom. The SMILES string of the molecule is O=[S](=O)(O)[Yb]. The molecule has 0 atom stereocenters. The molecule has 39 valence electrons. The van der Waals surface area contributed by atoms with Crippen molar-refractivity contribution < 1.29 is 55.5 Å². The Bertz CT molecular complexity index is 90.1. The quantitative estimate of drug-likeness (QED) is 0.584. The van der Waals surface area contributed by atoms with Crippen LogP contribution in [0.1, 0.15) is 0 Å². The molecule has 0 heterocycles. The van der Waals surface area contributed by atoms with Crippen molar-refractivity contribution in [3.8, 4) is 0 Å². The standard InChI is InChI=1S/HO3S.Yb/c1-4(2)3;/h(H,1,2,3);. The average molecular weight is 254 g/mol. The zero-order valence-electron chi connectivity index (χ0n) is 1.94. The van der Waals surface area contributed by atoms with Gasteiger partial charge in [0.2, 0.25) is 0 Å². The molecule has 0 bridgehead atoms. The molecule has 5 heavy (non-hydrogen) atoms. The Kier molecular flexibility index (Phi) is 2.48. The van der Waals surface area contributed by atoms with Crippen LogP contribution in [0.2, 0.25) is 0 Å². The molecule has 0 aromatic rings. The average Bonchev–Trinajstić information content (AvgIpc) is 0.722. The fourth-order valence-electron chi connectivity index (χ4n) is 0. The van der Waals surface area contributed by atoms with E-state index >= 15 is 0 Å². The van der Waals surface area contributed by atoms with Crippen LogP contribution in [0.25, 0.3) is 0 Å². The molecule has 0 aliphatic heterocycles. The molecule has 0 amide bonds. The fourth-order valence-corrected chi connectivity index (χ4v) is 0. The van der Waals surface area contributed by atoms with Crippen molar-refractivity contribution in [3.63, 3.8) is 0 Å². The van der Waals surface area contributed by atoms with E-state index in [1.54, 1.807) is 42.5 Å². The third-order valence-corrected chi connectivity index (χ3v) is 0. The Labute approximate surface area is 57.2 Å². The molecule has 5 heteroatoms. The van der Waals surface area contributed by atoms with E-state index in [2.05, 4.69) is 0 Å². The Balaban J connectivity index is 4.06. The Morgan fingerprint density at radius 1 is 1.60 bits per heavy atom. The van der Waals surface area contributed by atoms with Gasteiger partial charge in [0.1, 0.15) is 0 Å². The van der Waals surface area contributed by atoms with Gasteiger partial charge in [0.05, 0.1) is 0 Å². The van der Waals surface area contributed by atoms with Gasteiger partial charge in [-0.25, -0.2) is 0 Å². The third kappa shape index (κ3) is 31.3. The van der Waals surface area contributed by atoms with Crippen LogP contribution in [-0.2, 0) is 2.81 Å². The summed E-state index contributed by atoms with van der Waals surface area (Å²) in [6.45, 7) is 0. The molecular formula is HO3SYb.